The fourth-order valence-electron chi connectivity index (χ4n) is 4.13. The maximum Gasteiger partial charge on any atom is 0.392 e. The van der Waals surface area contributed by atoms with Crippen LogP contribution in [-0.4, -0.2) is 81.2 Å². The number of imide groups is 1. The third-order valence-corrected chi connectivity index (χ3v) is 6.08. The Morgan fingerprint density at radius 1 is 1.13 bits per heavy atom. The Morgan fingerprint density at radius 3 is 2.37 bits per heavy atom. The summed E-state index contributed by atoms with van der Waals surface area (Å²) in [7, 11) is 3.10. The minimum absolute atomic E-state index is 0.0186. The molecular formula is C20H25N6O4+. The Morgan fingerprint density at radius 2 is 1.77 bits per heavy atom. The Hall–Kier alpha value is -3.30. The topological polar surface area (TPSA) is 102 Å². The van der Waals surface area contributed by atoms with Crippen LogP contribution in [0.5, 0.6) is 0 Å². The van der Waals surface area contributed by atoms with Crippen LogP contribution in [0.1, 0.15) is 25.3 Å². The minimum atomic E-state index is -0.692. The molecule has 4 rings (SSSR count). The normalized spacial score (nSPS) is 24.4. The lowest BCUT2D eigenvalue weighted by Crippen LogP contribution is -2.62. The molecule has 2 fully saturated rings. The zero-order chi connectivity index (χ0) is 21.6. The number of hydrogen-bond donors (Lipinski definition) is 0. The predicted octanol–water partition coefficient (Wildman–Crippen LogP) is 1.50. The Kier molecular flexibility index (Phi) is 5.00. The minimum Gasteiger partial charge on any atom is -0.270 e. The van der Waals surface area contributed by atoms with Crippen LogP contribution >= 0.6 is 0 Å². The third-order valence-electron chi connectivity index (χ3n) is 6.08. The molecule has 1 aromatic rings. The molecule has 3 aliphatic heterocycles. The second-order valence-electron chi connectivity index (χ2n) is 8.13. The van der Waals surface area contributed by atoms with Crippen molar-refractivity contribution in [1.29, 1.82) is 0 Å². The van der Waals surface area contributed by atoms with E-state index in [4.69, 9.17) is 4.99 Å². The maximum atomic E-state index is 13.0. The van der Waals surface area contributed by atoms with Crippen LogP contribution in [0.25, 0.3) is 0 Å². The fraction of sp³-hybridized carbons (Fsp3) is 0.500. The van der Waals surface area contributed by atoms with Gasteiger partial charge in [0.15, 0.2) is 0 Å². The van der Waals surface area contributed by atoms with Crippen LogP contribution in [0.3, 0.4) is 0 Å². The van der Waals surface area contributed by atoms with Gasteiger partial charge in [-0.25, -0.2) is 9.69 Å². The number of aliphatic imine (C=N–C) groups is 1. The molecule has 10 heteroatoms. The number of fused-ring (bicyclic) bond motifs is 1. The van der Waals surface area contributed by atoms with Gasteiger partial charge in [-0.05, 0) is 36.5 Å². The van der Waals surface area contributed by atoms with Gasteiger partial charge in [0.25, 0.3) is 11.6 Å². The molecule has 0 aliphatic carbocycles. The summed E-state index contributed by atoms with van der Waals surface area (Å²) >= 11 is 0. The van der Waals surface area contributed by atoms with Crippen molar-refractivity contribution in [2.24, 2.45) is 10.9 Å². The van der Waals surface area contributed by atoms with Crippen LogP contribution in [0.4, 0.5) is 10.5 Å². The number of piperidine rings is 1. The first-order valence-electron chi connectivity index (χ1n) is 10.0. The highest BCUT2D eigenvalue weighted by molar-refractivity contribution is 6.25. The van der Waals surface area contributed by atoms with Crippen molar-refractivity contribution in [3.63, 3.8) is 0 Å². The van der Waals surface area contributed by atoms with Crippen molar-refractivity contribution in [2.45, 2.75) is 32.4 Å². The quantitative estimate of drug-likeness (QED) is 0.424. The van der Waals surface area contributed by atoms with E-state index in [1.165, 1.54) is 24.1 Å². The first-order chi connectivity index (χ1) is 14.3. The summed E-state index contributed by atoms with van der Waals surface area (Å²) in [5, 5.41) is 11.0. The number of carbonyl (C=O) groups is 2. The number of non-ortho nitro benzene ring substituents is 1. The number of carbonyl (C=O) groups excluding carboxylic acids is 2. The Balaban J connectivity index is 1.72. The first-order valence-corrected chi connectivity index (χ1v) is 10.0. The molecule has 0 saturated carbocycles. The van der Waals surface area contributed by atoms with Gasteiger partial charge in [0.2, 0.25) is 11.9 Å². The largest absolute Gasteiger partial charge is 0.392 e. The van der Waals surface area contributed by atoms with Gasteiger partial charge in [-0.15, -0.1) is 0 Å². The number of urea groups is 1. The molecule has 0 N–H and O–H groups in total. The van der Waals surface area contributed by atoms with Crippen molar-refractivity contribution in [2.75, 3.05) is 27.2 Å². The lowest BCUT2D eigenvalue weighted by atomic mass is 10.0. The number of nitro benzene ring substituents is 1. The number of nitrogens with zero attached hydrogens (tertiary/aromatic N) is 6. The summed E-state index contributed by atoms with van der Waals surface area (Å²) in [5.74, 6) is 1.43. The molecule has 1 atom stereocenters. The smallest absolute Gasteiger partial charge is 0.270 e. The van der Waals surface area contributed by atoms with E-state index >= 15 is 0 Å². The van der Waals surface area contributed by atoms with Gasteiger partial charge < -0.3 is 0 Å². The van der Waals surface area contributed by atoms with Crippen LogP contribution < -0.4 is 0 Å². The second-order valence-corrected chi connectivity index (χ2v) is 8.13. The van der Waals surface area contributed by atoms with E-state index in [2.05, 4.69) is 11.5 Å². The molecule has 3 aliphatic rings. The van der Waals surface area contributed by atoms with E-state index < -0.39 is 17.0 Å². The third kappa shape index (κ3) is 3.31. The summed E-state index contributed by atoms with van der Waals surface area (Å²) in [6, 6.07) is 5.20. The number of guanidine groups is 1. The average Bonchev–Trinajstić information content (AvgIpc) is 3.11. The van der Waals surface area contributed by atoms with Gasteiger partial charge in [-0.3, -0.25) is 29.3 Å². The van der Waals surface area contributed by atoms with E-state index in [9.17, 15) is 19.7 Å². The average molecular weight is 413 g/mol. The summed E-state index contributed by atoms with van der Waals surface area (Å²) in [4.78, 5) is 45.1. The molecule has 3 heterocycles. The van der Waals surface area contributed by atoms with Gasteiger partial charge in [-0.2, -0.15) is 0 Å². The number of benzene rings is 1. The molecule has 30 heavy (non-hydrogen) atoms. The second kappa shape index (κ2) is 7.51. The van der Waals surface area contributed by atoms with Crippen molar-refractivity contribution < 1.29 is 19.1 Å². The molecule has 10 nitrogen and oxygen atoms in total. The summed E-state index contributed by atoms with van der Waals surface area (Å²) < 4.78 is 2.17. The van der Waals surface area contributed by atoms with Crippen LogP contribution in [-0.2, 0) is 11.3 Å². The van der Waals surface area contributed by atoms with E-state index in [-0.39, 0.29) is 11.6 Å². The molecule has 0 aromatic heterocycles. The zero-order valence-corrected chi connectivity index (χ0v) is 17.3. The molecule has 158 valence electrons. The van der Waals surface area contributed by atoms with E-state index in [0.717, 1.165) is 36.4 Å². The van der Waals surface area contributed by atoms with E-state index in [0.29, 0.717) is 24.3 Å². The number of rotatable bonds is 3. The molecule has 2 saturated heterocycles. The first kappa shape index (κ1) is 20.0. The fourth-order valence-corrected chi connectivity index (χ4v) is 4.13. The van der Waals surface area contributed by atoms with E-state index in [1.807, 2.05) is 4.90 Å². The Labute approximate surface area is 174 Å². The molecular weight excluding hydrogens is 388 g/mol. The lowest BCUT2D eigenvalue weighted by Gasteiger charge is -2.33. The highest BCUT2D eigenvalue weighted by Crippen LogP contribution is 2.26. The Bertz CT molecular complexity index is 960. The van der Waals surface area contributed by atoms with E-state index in [1.54, 1.807) is 19.2 Å². The molecule has 1 unspecified atom stereocenters. The van der Waals surface area contributed by atoms with Crippen LogP contribution in [0.2, 0.25) is 0 Å². The molecule has 3 amide bonds. The van der Waals surface area contributed by atoms with Gasteiger partial charge in [-0.1, -0.05) is 11.9 Å². The van der Waals surface area contributed by atoms with Gasteiger partial charge in [0.1, 0.15) is 0 Å². The number of amides is 3. The number of likely N-dealkylation sites (N-methyl/N-ethyl adjacent to an activating group) is 2. The summed E-state index contributed by atoms with van der Waals surface area (Å²) in [6.45, 7) is 4.25. The SMILES string of the molecule is CC1CC[N+](=C2N=C3C(C(=O)N(C)C(=O)N3C)N2Cc2ccc([N+](=O)[O-])cc2)CC1. The van der Waals surface area contributed by atoms with Crippen molar-refractivity contribution in [3.05, 3.63) is 39.9 Å². The summed E-state index contributed by atoms with van der Waals surface area (Å²) in [5.41, 5.74) is 0.847. The van der Waals surface area contributed by atoms with Crippen LogP contribution in [0, 0.1) is 16.0 Å². The summed E-state index contributed by atoms with van der Waals surface area (Å²) in [6.07, 6.45) is 2.07. The number of hydrogen-bond acceptors (Lipinski definition) is 4. The molecule has 1 aromatic carbocycles. The lowest BCUT2D eigenvalue weighted by molar-refractivity contribution is -0.545. The van der Waals surface area contributed by atoms with Gasteiger partial charge in [0, 0.05) is 26.2 Å². The number of amidine groups is 1. The van der Waals surface area contributed by atoms with Gasteiger partial charge in [0.05, 0.1) is 24.6 Å². The highest BCUT2D eigenvalue weighted by Gasteiger charge is 2.55. The standard InChI is InChI=1S/C20H25N6O4/c1-13-8-10-24(11-9-13)19-21-17-16(18(27)23(3)20(28)22(17)2)25(19)12-14-4-6-15(7-5-14)26(29)30/h4-7,13,16H,8-12H2,1-3H3/q+1. The monoisotopic (exact) mass is 413 g/mol. The molecule has 0 radical (unpaired) electrons. The highest BCUT2D eigenvalue weighted by atomic mass is 16.6. The van der Waals surface area contributed by atoms with Gasteiger partial charge >= 0.3 is 12.0 Å². The molecule has 0 bridgehead atoms. The zero-order valence-electron chi connectivity index (χ0n) is 17.3. The maximum absolute atomic E-state index is 13.0. The van der Waals surface area contributed by atoms with Crippen molar-refractivity contribution >= 4 is 29.4 Å². The van der Waals surface area contributed by atoms with Crippen LogP contribution in [0.15, 0.2) is 29.3 Å². The predicted molar refractivity (Wildman–Crippen MR) is 109 cm³/mol. The molecule has 0 spiro atoms. The van der Waals surface area contributed by atoms with Crippen molar-refractivity contribution in [1.82, 2.24) is 14.7 Å². The van der Waals surface area contributed by atoms with Crippen molar-refractivity contribution in [3.8, 4) is 0 Å². The number of nitro groups is 1.